The summed E-state index contributed by atoms with van der Waals surface area (Å²) in [5.41, 5.74) is 0. The predicted octanol–water partition coefficient (Wildman–Crippen LogP) is -0.101. The number of amides is 1. The summed E-state index contributed by atoms with van der Waals surface area (Å²) in [5.74, 6) is 0.315. The molecule has 0 N–H and O–H groups in total. The molecule has 13 heavy (non-hydrogen) atoms. The van der Waals surface area contributed by atoms with Gasteiger partial charge >= 0.3 is 0 Å². The van der Waals surface area contributed by atoms with Gasteiger partial charge in [-0.2, -0.15) is 0 Å². The molecule has 5 heteroatoms. The van der Waals surface area contributed by atoms with Crippen LogP contribution in [0.25, 0.3) is 0 Å². The highest BCUT2D eigenvalue weighted by atomic mass is 32.2. The molecule has 0 aliphatic heterocycles. The van der Waals surface area contributed by atoms with Crippen molar-refractivity contribution >= 4 is 15.7 Å². The normalized spacial score (nSPS) is 17.1. The zero-order valence-corrected chi connectivity index (χ0v) is 8.80. The summed E-state index contributed by atoms with van der Waals surface area (Å²) in [6.45, 7) is 0.314. The van der Waals surface area contributed by atoms with E-state index in [1.165, 1.54) is 11.2 Å². The first-order valence-corrected chi connectivity index (χ1v) is 6.39. The van der Waals surface area contributed by atoms with E-state index in [4.69, 9.17) is 0 Å². The number of carbonyl (C=O) groups is 1. The van der Waals surface area contributed by atoms with Crippen molar-refractivity contribution in [2.75, 3.05) is 25.6 Å². The van der Waals surface area contributed by atoms with Crippen molar-refractivity contribution in [1.82, 2.24) is 4.90 Å². The van der Waals surface area contributed by atoms with E-state index in [0.29, 0.717) is 6.54 Å². The molecule has 1 aliphatic carbocycles. The molecular formula is C8H15NO3S. The standard InChI is InChI=1S/C8H15NO3S/c1-9(5-6-13(2,11)12)8(10)7-3-4-7/h7H,3-6H2,1-2H3. The third kappa shape index (κ3) is 3.76. The lowest BCUT2D eigenvalue weighted by Crippen LogP contribution is -2.32. The average Bonchev–Trinajstić information content (AvgIpc) is 2.79. The molecule has 0 aromatic rings. The van der Waals surface area contributed by atoms with Gasteiger partial charge in [-0.3, -0.25) is 4.79 Å². The predicted molar refractivity (Wildman–Crippen MR) is 50.1 cm³/mol. The minimum atomic E-state index is -2.95. The lowest BCUT2D eigenvalue weighted by atomic mass is 10.3. The molecule has 0 aromatic heterocycles. The second kappa shape index (κ2) is 3.65. The molecule has 1 aliphatic rings. The Morgan fingerprint density at radius 2 is 2.00 bits per heavy atom. The number of hydrogen-bond donors (Lipinski definition) is 0. The monoisotopic (exact) mass is 205 g/mol. The lowest BCUT2D eigenvalue weighted by molar-refractivity contribution is -0.130. The summed E-state index contributed by atoms with van der Waals surface area (Å²) in [7, 11) is -1.29. The summed E-state index contributed by atoms with van der Waals surface area (Å²) in [6, 6.07) is 0. The summed E-state index contributed by atoms with van der Waals surface area (Å²) >= 11 is 0. The number of rotatable bonds is 4. The Balaban J connectivity index is 2.32. The Morgan fingerprint density at radius 3 is 2.38 bits per heavy atom. The van der Waals surface area contributed by atoms with Crippen LogP contribution >= 0.6 is 0 Å². The van der Waals surface area contributed by atoms with Gasteiger partial charge in [-0.1, -0.05) is 0 Å². The molecule has 1 amide bonds. The van der Waals surface area contributed by atoms with Crippen molar-refractivity contribution in [3.05, 3.63) is 0 Å². The maximum absolute atomic E-state index is 11.4. The van der Waals surface area contributed by atoms with Gasteiger partial charge in [0.2, 0.25) is 5.91 Å². The number of carbonyl (C=O) groups excluding carboxylic acids is 1. The van der Waals surface area contributed by atoms with E-state index >= 15 is 0 Å². The van der Waals surface area contributed by atoms with Crippen LogP contribution in [0.1, 0.15) is 12.8 Å². The van der Waals surface area contributed by atoms with Crippen molar-refractivity contribution in [2.45, 2.75) is 12.8 Å². The van der Waals surface area contributed by atoms with Crippen molar-refractivity contribution in [3.63, 3.8) is 0 Å². The van der Waals surface area contributed by atoms with E-state index < -0.39 is 9.84 Å². The van der Waals surface area contributed by atoms with Gasteiger partial charge in [-0.05, 0) is 12.8 Å². The largest absolute Gasteiger partial charge is 0.345 e. The van der Waals surface area contributed by atoms with Crippen LogP contribution in [0.3, 0.4) is 0 Å². The molecule has 1 rings (SSSR count). The topological polar surface area (TPSA) is 54.5 Å². The average molecular weight is 205 g/mol. The van der Waals surface area contributed by atoms with Gasteiger partial charge in [-0.15, -0.1) is 0 Å². The van der Waals surface area contributed by atoms with Crippen molar-refractivity contribution in [3.8, 4) is 0 Å². The van der Waals surface area contributed by atoms with Crippen LogP contribution in [-0.4, -0.2) is 44.8 Å². The molecule has 1 saturated carbocycles. The smallest absolute Gasteiger partial charge is 0.225 e. The van der Waals surface area contributed by atoms with Gasteiger partial charge in [0, 0.05) is 25.8 Å². The fourth-order valence-electron chi connectivity index (χ4n) is 1.05. The summed E-state index contributed by atoms with van der Waals surface area (Å²) < 4.78 is 21.6. The minimum Gasteiger partial charge on any atom is -0.345 e. The molecule has 0 saturated heterocycles. The Kier molecular flexibility index (Phi) is 2.95. The van der Waals surface area contributed by atoms with Gasteiger partial charge in [-0.25, -0.2) is 8.42 Å². The Labute approximate surface area is 78.8 Å². The molecule has 0 radical (unpaired) electrons. The molecule has 0 atom stereocenters. The Morgan fingerprint density at radius 1 is 1.46 bits per heavy atom. The quantitative estimate of drug-likeness (QED) is 0.644. The second-order valence-electron chi connectivity index (χ2n) is 3.66. The fraction of sp³-hybridized carbons (Fsp3) is 0.875. The first kappa shape index (κ1) is 10.5. The van der Waals surface area contributed by atoms with Crippen LogP contribution in [0.5, 0.6) is 0 Å². The SMILES string of the molecule is CN(CCS(C)(=O)=O)C(=O)C1CC1. The van der Waals surface area contributed by atoms with Crippen LogP contribution in [0.15, 0.2) is 0 Å². The first-order chi connectivity index (χ1) is 5.90. The minimum absolute atomic E-state index is 0.0575. The molecule has 0 aromatic carbocycles. The zero-order valence-electron chi connectivity index (χ0n) is 7.99. The van der Waals surface area contributed by atoms with Crippen LogP contribution in [0, 0.1) is 5.92 Å². The summed E-state index contributed by atoms with van der Waals surface area (Å²) in [5, 5.41) is 0. The summed E-state index contributed by atoms with van der Waals surface area (Å²) in [6.07, 6.45) is 3.10. The van der Waals surface area contributed by atoms with Gasteiger partial charge in [0.1, 0.15) is 9.84 Å². The Hall–Kier alpha value is -0.580. The highest BCUT2D eigenvalue weighted by Crippen LogP contribution is 2.30. The maximum atomic E-state index is 11.4. The molecular weight excluding hydrogens is 190 g/mol. The van der Waals surface area contributed by atoms with E-state index in [1.807, 2.05) is 0 Å². The van der Waals surface area contributed by atoms with Crippen LogP contribution in [-0.2, 0) is 14.6 Å². The lowest BCUT2D eigenvalue weighted by Gasteiger charge is -2.15. The molecule has 0 bridgehead atoms. The zero-order chi connectivity index (χ0) is 10.1. The van der Waals surface area contributed by atoms with Crippen LogP contribution in [0.2, 0.25) is 0 Å². The molecule has 76 valence electrons. The van der Waals surface area contributed by atoms with Gasteiger partial charge in [0.25, 0.3) is 0 Å². The van der Waals surface area contributed by atoms with E-state index in [9.17, 15) is 13.2 Å². The van der Waals surface area contributed by atoms with Crippen LogP contribution in [0.4, 0.5) is 0 Å². The molecule has 0 spiro atoms. The van der Waals surface area contributed by atoms with Crippen molar-refractivity contribution in [1.29, 1.82) is 0 Å². The van der Waals surface area contributed by atoms with Crippen molar-refractivity contribution < 1.29 is 13.2 Å². The van der Waals surface area contributed by atoms with Crippen molar-refractivity contribution in [2.24, 2.45) is 5.92 Å². The molecule has 0 heterocycles. The highest BCUT2D eigenvalue weighted by Gasteiger charge is 2.31. The maximum Gasteiger partial charge on any atom is 0.225 e. The molecule has 4 nitrogen and oxygen atoms in total. The van der Waals surface area contributed by atoms with E-state index in [-0.39, 0.29) is 17.6 Å². The number of sulfone groups is 1. The first-order valence-electron chi connectivity index (χ1n) is 4.33. The number of nitrogens with zero attached hydrogens (tertiary/aromatic N) is 1. The number of hydrogen-bond acceptors (Lipinski definition) is 3. The van der Waals surface area contributed by atoms with E-state index in [0.717, 1.165) is 12.8 Å². The Bertz CT molecular complexity index is 293. The van der Waals surface area contributed by atoms with Gasteiger partial charge < -0.3 is 4.90 Å². The molecule has 0 unspecified atom stereocenters. The molecule has 1 fully saturated rings. The van der Waals surface area contributed by atoms with E-state index in [2.05, 4.69) is 0 Å². The van der Waals surface area contributed by atoms with E-state index in [1.54, 1.807) is 7.05 Å². The second-order valence-corrected chi connectivity index (χ2v) is 5.92. The van der Waals surface area contributed by atoms with Gasteiger partial charge in [0.05, 0.1) is 5.75 Å². The van der Waals surface area contributed by atoms with Gasteiger partial charge in [0.15, 0.2) is 0 Å². The fourth-order valence-corrected chi connectivity index (χ4v) is 1.66. The summed E-state index contributed by atoms with van der Waals surface area (Å²) in [4.78, 5) is 12.9. The highest BCUT2D eigenvalue weighted by molar-refractivity contribution is 7.90. The third-order valence-electron chi connectivity index (χ3n) is 2.10. The van der Waals surface area contributed by atoms with Crippen LogP contribution < -0.4 is 0 Å². The third-order valence-corrected chi connectivity index (χ3v) is 3.02.